The summed E-state index contributed by atoms with van der Waals surface area (Å²) < 4.78 is 0. The molecule has 20 heavy (non-hydrogen) atoms. The SMILES string of the molecule is Cc1cc(C(=O)N(C)c2ccccc2C#N)ccc1O. The van der Waals surface area contributed by atoms with Crippen LogP contribution in [-0.4, -0.2) is 18.1 Å². The maximum absolute atomic E-state index is 12.4. The Balaban J connectivity index is 2.38. The molecule has 4 heteroatoms. The zero-order chi connectivity index (χ0) is 14.7. The molecule has 0 aromatic heterocycles. The highest BCUT2D eigenvalue weighted by molar-refractivity contribution is 6.06. The third-order valence-corrected chi connectivity index (χ3v) is 3.13. The number of rotatable bonds is 2. The van der Waals surface area contributed by atoms with E-state index in [0.29, 0.717) is 22.4 Å². The average molecular weight is 266 g/mol. The summed E-state index contributed by atoms with van der Waals surface area (Å²) in [6.45, 7) is 1.73. The number of nitriles is 1. The first-order chi connectivity index (χ1) is 9.54. The third kappa shape index (κ3) is 2.47. The molecule has 0 saturated carbocycles. The molecule has 1 N–H and O–H groups in total. The Hall–Kier alpha value is -2.80. The summed E-state index contributed by atoms with van der Waals surface area (Å²) in [4.78, 5) is 13.8. The van der Waals surface area contributed by atoms with Crippen molar-refractivity contribution < 1.29 is 9.90 Å². The quantitative estimate of drug-likeness (QED) is 0.909. The van der Waals surface area contributed by atoms with Crippen LogP contribution in [0.2, 0.25) is 0 Å². The summed E-state index contributed by atoms with van der Waals surface area (Å²) in [5.74, 6) is -0.0718. The summed E-state index contributed by atoms with van der Waals surface area (Å²) in [5, 5.41) is 18.6. The highest BCUT2D eigenvalue weighted by atomic mass is 16.3. The molecule has 1 amide bonds. The number of carbonyl (C=O) groups is 1. The van der Waals surface area contributed by atoms with Gasteiger partial charge < -0.3 is 10.0 Å². The number of hydrogen-bond acceptors (Lipinski definition) is 3. The average Bonchev–Trinajstić information content (AvgIpc) is 2.48. The van der Waals surface area contributed by atoms with E-state index in [-0.39, 0.29) is 11.7 Å². The van der Waals surface area contributed by atoms with Gasteiger partial charge in [-0.05, 0) is 42.8 Å². The molecule has 0 heterocycles. The van der Waals surface area contributed by atoms with Crippen LogP contribution in [0, 0.1) is 18.3 Å². The summed E-state index contributed by atoms with van der Waals surface area (Å²) >= 11 is 0. The molecule has 2 rings (SSSR count). The predicted molar refractivity (Wildman–Crippen MR) is 76.7 cm³/mol. The lowest BCUT2D eigenvalue weighted by Crippen LogP contribution is -2.27. The number of benzene rings is 2. The lowest BCUT2D eigenvalue weighted by atomic mass is 10.1. The summed E-state index contributed by atoms with van der Waals surface area (Å²) in [7, 11) is 1.63. The van der Waals surface area contributed by atoms with Gasteiger partial charge in [-0.25, -0.2) is 0 Å². The van der Waals surface area contributed by atoms with E-state index in [0.717, 1.165) is 0 Å². The first-order valence-corrected chi connectivity index (χ1v) is 6.11. The van der Waals surface area contributed by atoms with E-state index in [1.807, 2.05) is 0 Å². The Morgan fingerprint density at radius 2 is 1.95 bits per heavy atom. The van der Waals surface area contributed by atoms with E-state index in [1.54, 1.807) is 50.4 Å². The van der Waals surface area contributed by atoms with Crippen LogP contribution in [-0.2, 0) is 0 Å². The zero-order valence-corrected chi connectivity index (χ0v) is 11.3. The van der Waals surface area contributed by atoms with Crippen molar-refractivity contribution >= 4 is 11.6 Å². The Morgan fingerprint density at radius 1 is 1.25 bits per heavy atom. The van der Waals surface area contributed by atoms with Crippen LogP contribution >= 0.6 is 0 Å². The van der Waals surface area contributed by atoms with Crippen molar-refractivity contribution in [1.29, 1.82) is 5.26 Å². The standard InChI is InChI=1S/C16H14N2O2/c1-11-9-12(7-8-15(11)19)16(20)18(2)14-6-4-3-5-13(14)10-17/h3-9,19H,1-2H3. The van der Waals surface area contributed by atoms with Gasteiger partial charge in [0.1, 0.15) is 11.8 Å². The lowest BCUT2D eigenvalue weighted by molar-refractivity contribution is 0.0993. The largest absolute Gasteiger partial charge is 0.508 e. The van der Waals surface area contributed by atoms with Crippen molar-refractivity contribution in [2.75, 3.05) is 11.9 Å². The van der Waals surface area contributed by atoms with Gasteiger partial charge in [0.15, 0.2) is 0 Å². The van der Waals surface area contributed by atoms with E-state index < -0.39 is 0 Å². The van der Waals surface area contributed by atoms with Gasteiger partial charge in [-0.3, -0.25) is 4.79 Å². The number of amides is 1. The van der Waals surface area contributed by atoms with Crippen LogP contribution in [0.25, 0.3) is 0 Å². The van der Waals surface area contributed by atoms with Crippen molar-refractivity contribution in [2.24, 2.45) is 0 Å². The zero-order valence-electron chi connectivity index (χ0n) is 11.3. The number of hydrogen-bond donors (Lipinski definition) is 1. The fourth-order valence-electron chi connectivity index (χ4n) is 1.95. The van der Waals surface area contributed by atoms with Gasteiger partial charge in [-0.2, -0.15) is 5.26 Å². The van der Waals surface area contributed by atoms with Crippen molar-refractivity contribution in [3.05, 3.63) is 59.2 Å². The molecular weight excluding hydrogens is 252 g/mol. The van der Waals surface area contributed by atoms with E-state index >= 15 is 0 Å². The minimum atomic E-state index is -0.226. The lowest BCUT2D eigenvalue weighted by Gasteiger charge is -2.19. The Morgan fingerprint density at radius 3 is 2.60 bits per heavy atom. The van der Waals surface area contributed by atoms with Gasteiger partial charge in [0.25, 0.3) is 5.91 Å². The molecule has 0 saturated heterocycles. The predicted octanol–water partition coefficient (Wildman–Crippen LogP) is 2.85. The third-order valence-electron chi connectivity index (χ3n) is 3.13. The topological polar surface area (TPSA) is 64.3 Å². The molecule has 0 aliphatic carbocycles. The van der Waals surface area contributed by atoms with Crippen LogP contribution in [0.15, 0.2) is 42.5 Å². The molecule has 0 aliphatic heterocycles. The fourth-order valence-corrected chi connectivity index (χ4v) is 1.95. The van der Waals surface area contributed by atoms with Crippen molar-refractivity contribution in [3.8, 4) is 11.8 Å². The molecule has 0 fully saturated rings. The molecule has 2 aromatic rings. The number of aromatic hydroxyl groups is 1. The van der Waals surface area contributed by atoms with Gasteiger partial charge in [0.2, 0.25) is 0 Å². The van der Waals surface area contributed by atoms with Crippen LogP contribution < -0.4 is 4.90 Å². The second-order valence-electron chi connectivity index (χ2n) is 4.49. The van der Waals surface area contributed by atoms with Gasteiger partial charge in [0.05, 0.1) is 11.3 Å². The van der Waals surface area contributed by atoms with E-state index in [4.69, 9.17) is 5.26 Å². The van der Waals surface area contributed by atoms with E-state index in [2.05, 4.69) is 6.07 Å². The van der Waals surface area contributed by atoms with Crippen molar-refractivity contribution in [1.82, 2.24) is 0 Å². The van der Waals surface area contributed by atoms with Crippen molar-refractivity contribution in [3.63, 3.8) is 0 Å². The highest BCUT2D eigenvalue weighted by Crippen LogP contribution is 2.22. The van der Waals surface area contributed by atoms with Gasteiger partial charge in [0, 0.05) is 12.6 Å². The minimum Gasteiger partial charge on any atom is -0.508 e. The van der Waals surface area contributed by atoms with E-state index in [9.17, 15) is 9.90 Å². The fraction of sp³-hybridized carbons (Fsp3) is 0.125. The van der Waals surface area contributed by atoms with Crippen LogP contribution in [0.3, 0.4) is 0 Å². The van der Waals surface area contributed by atoms with Crippen LogP contribution in [0.5, 0.6) is 5.75 Å². The number of para-hydroxylation sites is 1. The normalized spacial score (nSPS) is 9.85. The summed E-state index contributed by atoms with van der Waals surface area (Å²) in [6.07, 6.45) is 0. The molecule has 0 aliphatic rings. The van der Waals surface area contributed by atoms with Gasteiger partial charge >= 0.3 is 0 Å². The molecule has 0 bridgehead atoms. The smallest absolute Gasteiger partial charge is 0.258 e. The molecule has 0 radical (unpaired) electrons. The Labute approximate surface area is 117 Å². The molecular formula is C16H14N2O2. The number of aryl methyl sites for hydroxylation is 1. The van der Waals surface area contributed by atoms with Crippen LogP contribution in [0.1, 0.15) is 21.5 Å². The monoisotopic (exact) mass is 266 g/mol. The second-order valence-corrected chi connectivity index (χ2v) is 4.49. The van der Waals surface area contributed by atoms with Gasteiger partial charge in [-0.15, -0.1) is 0 Å². The Bertz CT molecular complexity index is 702. The molecule has 4 nitrogen and oxygen atoms in total. The Kier molecular flexibility index (Phi) is 3.72. The first kappa shape index (κ1) is 13.6. The molecule has 0 spiro atoms. The molecule has 0 atom stereocenters. The van der Waals surface area contributed by atoms with Crippen molar-refractivity contribution in [2.45, 2.75) is 6.92 Å². The number of anilines is 1. The number of phenolic OH excluding ortho intramolecular Hbond substituents is 1. The van der Waals surface area contributed by atoms with E-state index in [1.165, 1.54) is 11.0 Å². The number of nitrogens with zero attached hydrogens (tertiary/aromatic N) is 2. The molecule has 2 aromatic carbocycles. The highest BCUT2D eigenvalue weighted by Gasteiger charge is 2.16. The maximum atomic E-state index is 12.4. The first-order valence-electron chi connectivity index (χ1n) is 6.11. The minimum absolute atomic E-state index is 0.154. The molecule has 0 unspecified atom stereocenters. The maximum Gasteiger partial charge on any atom is 0.258 e. The number of phenols is 1. The van der Waals surface area contributed by atoms with Crippen LogP contribution in [0.4, 0.5) is 5.69 Å². The summed E-state index contributed by atoms with van der Waals surface area (Å²) in [6, 6.07) is 13.7. The number of carbonyl (C=O) groups excluding carboxylic acids is 1. The van der Waals surface area contributed by atoms with Gasteiger partial charge in [-0.1, -0.05) is 12.1 Å². The molecule has 100 valence electrons. The second kappa shape index (κ2) is 5.45. The summed E-state index contributed by atoms with van der Waals surface area (Å²) in [5.41, 5.74) is 2.11.